The molecule has 11 nitrogen and oxygen atoms in total. The van der Waals surface area contributed by atoms with E-state index in [0.717, 1.165) is 11.3 Å². The molecule has 2 aromatic rings. The minimum Gasteiger partial charge on any atom is -0.398 e. The van der Waals surface area contributed by atoms with Gasteiger partial charge in [-0.05, 0) is 12.1 Å². The van der Waals surface area contributed by atoms with Crippen molar-refractivity contribution in [1.82, 2.24) is 15.6 Å². The molecule has 13 heteroatoms. The fourth-order valence-electron chi connectivity index (χ4n) is 2.59. The third kappa shape index (κ3) is 5.35. The van der Waals surface area contributed by atoms with Crippen LogP contribution in [0.2, 0.25) is 0 Å². The number of nitrogens with zero attached hydrogens (tertiary/aromatic N) is 2. The third-order valence-corrected chi connectivity index (χ3v) is 5.04. The van der Waals surface area contributed by atoms with E-state index in [4.69, 9.17) is 16.4 Å². The van der Waals surface area contributed by atoms with Gasteiger partial charge in [0.15, 0.2) is 10.8 Å². The number of hydrogen-bond donors (Lipinski definition) is 4. The van der Waals surface area contributed by atoms with Crippen LogP contribution >= 0.6 is 22.9 Å². The number of halogens is 1. The molecule has 2 unspecified atom stereocenters. The van der Waals surface area contributed by atoms with Crippen molar-refractivity contribution in [3.63, 3.8) is 0 Å². The topological polar surface area (TPSA) is 151 Å². The molecule has 1 aromatic carbocycles. The van der Waals surface area contributed by atoms with E-state index in [9.17, 15) is 19.2 Å². The number of hydrogen-bond acceptors (Lipinski definition) is 8. The van der Waals surface area contributed by atoms with Crippen LogP contribution in [0.15, 0.2) is 40.9 Å². The molecule has 0 saturated carbocycles. The lowest BCUT2D eigenvalue weighted by molar-refractivity contribution is -0.140. The second-order valence-corrected chi connectivity index (χ2v) is 7.26. The number of amides is 4. The van der Waals surface area contributed by atoms with Gasteiger partial charge in [-0.25, -0.2) is 4.98 Å². The second kappa shape index (κ2) is 10.00. The quantitative estimate of drug-likeness (QED) is 0.191. The number of benzene rings is 1. The summed E-state index contributed by atoms with van der Waals surface area (Å²) in [5.41, 5.74) is 0.431. The summed E-state index contributed by atoms with van der Waals surface area (Å²) < 4.78 is 0. The Labute approximate surface area is 185 Å². The molecule has 0 spiro atoms. The number of thiazole rings is 1. The average molecular weight is 465 g/mol. The first kappa shape index (κ1) is 22.2. The Morgan fingerprint density at radius 1 is 1.26 bits per heavy atom. The maximum atomic E-state index is 12.7. The highest BCUT2D eigenvalue weighted by Gasteiger charge is 2.45. The standard InChI is InChI=1S/C18H17ClN6O5S/c1-30-25-12(10-8-31-18(21-10)22-11(26)7-19)15(27)23-14-13(24-17(14)29)16(28)20-9-5-3-2-4-6-9/h2-6,8,13-14H,7H2,1H3,(H,20,28)(H,23,27)(H,24,29)(H,21,22,26)/b25-12-. The summed E-state index contributed by atoms with van der Waals surface area (Å²) in [5.74, 6) is -2.50. The van der Waals surface area contributed by atoms with Gasteiger partial charge in [-0.2, -0.15) is 0 Å². The smallest absolute Gasteiger partial charge is 0.276 e. The number of nitrogens with one attached hydrogen (secondary N) is 4. The summed E-state index contributed by atoms with van der Waals surface area (Å²) in [6, 6.07) is 6.61. The lowest BCUT2D eigenvalue weighted by Gasteiger charge is -2.35. The van der Waals surface area contributed by atoms with E-state index in [1.54, 1.807) is 30.3 Å². The highest BCUT2D eigenvalue weighted by atomic mass is 35.5. The largest absolute Gasteiger partial charge is 0.398 e. The molecule has 162 valence electrons. The van der Waals surface area contributed by atoms with Gasteiger partial charge in [-0.15, -0.1) is 22.9 Å². The number of alkyl halides is 1. The van der Waals surface area contributed by atoms with Crippen LogP contribution in [-0.4, -0.2) is 59.4 Å². The molecule has 0 bridgehead atoms. The van der Waals surface area contributed by atoms with E-state index in [1.165, 1.54) is 12.5 Å². The van der Waals surface area contributed by atoms with Crippen LogP contribution in [0.3, 0.4) is 0 Å². The predicted octanol–water partition coefficient (Wildman–Crippen LogP) is 0.293. The molecule has 31 heavy (non-hydrogen) atoms. The van der Waals surface area contributed by atoms with Crippen LogP contribution in [0.5, 0.6) is 0 Å². The molecule has 4 amide bonds. The van der Waals surface area contributed by atoms with Gasteiger partial charge in [0.05, 0.1) is 0 Å². The maximum Gasteiger partial charge on any atom is 0.276 e. The fraction of sp³-hybridized carbons (Fsp3) is 0.222. The normalized spacial score (nSPS) is 17.7. The first-order valence-corrected chi connectivity index (χ1v) is 10.2. The molecule has 2 atom stereocenters. The zero-order valence-corrected chi connectivity index (χ0v) is 17.6. The Morgan fingerprint density at radius 3 is 2.65 bits per heavy atom. The Morgan fingerprint density at radius 2 is 2.00 bits per heavy atom. The minimum atomic E-state index is -1.10. The molecular formula is C18H17ClN6O5S. The molecule has 0 radical (unpaired) electrons. The number of aromatic nitrogens is 1. The van der Waals surface area contributed by atoms with E-state index in [1.807, 2.05) is 0 Å². The van der Waals surface area contributed by atoms with Crippen molar-refractivity contribution in [2.24, 2.45) is 5.16 Å². The van der Waals surface area contributed by atoms with Crippen LogP contribution in [0.25, 0.3) is 0 Å². The van der Waals surface area contributed by atoms with Crippen molar-refractivity contribution < 1.29 is 24.0 Å². The van der Waals surface area contributed by atoms with Crippen LogP contribution in [0.4, 0.5) is 10.8 Å². The zero-order valence-electron chi connectivity index (χ0n) is 16.0. The van der Waals surface area contributed by atoms with Crippen molar-refractivity contribution in [3.05, 3.63) is 41.4 Å². The number of carbonyl (C=O) groups excluding carboxylic acids is 4. The number of rotatable bonds is 8. The Bertz CT molecular complexity index is 1030. The van der Waals surface area contributed by atoms with Crippen molar-refractivity contribution in [1.29, 1.82) is 0 Å². The first-order chi connectivity index (χ1) is 14.9. The summed E-state index contributed by atoms with van der Waals surface area (Å²) in [6.07, 6.45) is 0. The van der Waals surface area contributed by atoms with Crippen LogP contribution < -0.4 is 21.3 Å². The van der Waals surface area contributed by atoms with Gasteiger partial charge in [0.25, 0.3) is 5.91 Å². The lowest BCUT2D eigenvalue weighted by Crippen LogP contribution is -2.73. The average Bonchev–Trinajstić information content (AvgIpc) is 3.22. The van der Waals surface area contributed by atoms with E-state index in [-0.39, 0.29) is 22.4 Å². The molecule has 0 aliphatic carbocycles. The number of β-lactam (4-membered cyclic amide) rings is 1. The fourth-order valence-corrected chi connectivity index (χ4v) is 3.37. The Kier molecular flexibility index (Phi) is 7.15. The minimum absolute atomic E-state index is 0.110. The molecule has 2 heterocycles. The summed E-state index contributed by atoms with van der Waals surface area (Å²) in [7, 11) is 1.24. The zero-order chi connectivity index (χ0) is 22.4. The Balaban J connectivity index is 1.68. The molecule has 1 aliphatic heterocycles. The second-order valence-electron chi connectivity index (χ2n) is 6.13. The number of oxime groups is 1. The van der Waals surface area contributed by atoms with Crippen LogP contribution in [-0.2, 0) is 24.0 Å². The van der Waals surface area contributed by atoms with Crippen molar-refractivity contribution in [3.8, 4) is 0 Å². The number of carbonyl (C=O) groups is 4. The van der Waals surface area contributed by atoms with E-state index < -0.39 is 35.7 Å². The summed E-state index contributed by atoms with van der Waals surface area (Å²) >= 11 is 6.49. The monoisotopic (exact) mass is 464 g/mol. The van der Waals surface area contributed by atoms with E-state index in [2.05, 4.69) is 31.4 Å². The predicted molar refractivity (Wildman–Crippen MR) is 114 cm³/mol. The van der Waals surface area contributed by atoms with E-state index in [0.29, 0.717) is 5.69 Å². The van der Waals surface area contributed by atoms with Gasteiger partial charge in [0.2, 0.25) is 17.7 Å². The maximum absolute atomic E-state index is 12.7. The van der Waals surface area contributed by atoms with Gasteiger partial charge in [-0.3, -0.25) is 19.2 Å². The Hall–Kier alpha value is -3.51. The van der Waals surface area contributed by atoms with Gasteiger partial charge >= 0.3 is 0 Å². The van der Waals surface area contributed by atoms with Crippen molar-refractivity contribution in [2.75, 3.05) is 23.6 Å². The SMILES string of the molecule is CO/N=C(\C(=O)NC1C(=O)NC1C(=O)Nc1ccccc1)c1csc(NC(=O)CCl)n1. The van der Waals surface area contributed by atoms with Gasteiger partial charge < -0.3 is 26.1 Å². The highest BCUT2D eigenvalue weighted by Crippen LogP contribution is 2.17. The molecule has 1 saturated heterocycles. The molecule has 1 aliphatic rings. The van der Waals surface area contributed by atoms with Gasteiger partial charge in [0.1, 0.15) is 30.8 Å². The van der Waals surface area contributed by atoms with Gasteiger partial charge in [-0.1, -0.05) is 23.4 Å². The lowest BCUT2D eigenvalue weighted by atomic mass is 9.97. The number of anilines is 2. The van der Waals surface area contributed by atoms with Gasteiger partial charge in [0, 0.05) is 11.1 Å². The summed E-state index contributed by atoms with van der Waals surface area (Å²) in [5, 5.41) is 15.4. The number of para-hydroxylation sites is 1. The molecular weight excluding hydrogens is 448 g/mol. The molecule has 1 aromatic heterocycles. The van der Waals surface area contributed by atoms with Crippen LogP contribution in [0, 0.1) is 0 Å². The first-order valence-electron chi connectivity index (χ1n) is 8.83. The third-order valence-electron chi connectivity index (χ3n) is 4.04. The van der Waals surface area contributed by atoms with Crippen molar-refractivity contribution >= 4 is 63.1 Å². The van der Waals surface area contributed by atoms with E-state index >= 15 is 0 Å². The molecule has 3 rings (SSSR count). The highest BCUT2D eigenvalue weighted by molar-refractivity contribution is 7.14. The summed E-state index contributed by atoms with van der Waals surface area (Å²) in [6.45, 7) is 0. The van der Waals surface area contributed by atoms with Crippen molar-refractivity contribution in [2.45, 2.75) is 12.1 Å². The van der Waals surface area contributed by atoms with Crippen LogP contribution in [0.1, 0.15) is 5.69 Å². The molecule has 4 N–H and O–H groups in total. The molecule has 1 fully saturated rings. The summed E-state index contributed by atoms with van der Waals surface area (Å²) in [4.78, 5) is 57.3.